The van der Waals surface area contributed by atoms with E-state index in [-0.39, 0.29) is 0 Å². The number of fused-ring (bicyclic) bond motifs is 1. The molecule has 24 heavy (non-hydrogen) atoms. The molecule has 2 aliphatic heterocycles. The van der Waals surface area contributed by atoms with Crippen LogP contribution in [0.4, 0.5) is 0 Å². The summed E-state index contributed by atoms with van der Waals surface area (Å²) in [5.41, 5.74) is 0. The fourth-order valence-electron chi connectivity index (χ4n) is 4.60. The molecule has 0 bridgehead atoms. The second kappa shape index (κ2) is 8.52. The van der Waals surface area contributed by atoms with Crippen molar-refractivity contribution in [2.24, 2.45) is 16.8 Å². The van der Waals surface area contributed by atoms with E-state index in [4.69, 9.17) is 4.99 Å². The standard InChI is InChI=1S/C19H37N5/c1-4-20-19(24-14-17-7-5-6-8-18(17)15-24)21-13-16(2)23-11-9-22(3)10-12-23/h16-18H,4-15H2,1-3H3,(H,20,21). The third-order valence-corrected chi connectivity index (χ3v) is 6.28. The van der Waals surface area contributed by atoms with E-state index in [9.17, 15) is 0 Å². The van der Waals surface area contributed by atoms with Crippen molar-refractivity contribution < 1.29 is 0 Å². The topological polar surface area (TPSA) is 34.1 Å². The molecule has 0 spiro atoms. The van der Waals surface area contributed by atoms with Gasteiger partial charge < -0.3 is 15.1 Å². The first-order chi connectivity index (χ1) is 11.7. The van der Waals surface area contributed by atoms with E-state index in [1.165, 1.54) is 65.0 Å². The Labute approximate surface area is 148 Å². The minimum absolute atomic E-state index is 0.539. The lowest BCUT2D eigenvalue weighted by molar-refractivity contribution is 0.122. The van der Waals surface area contributed by atoms with Crippen LogP contribution in [0, 0.1) is 11.8 Å². The quantitative estimate of drug-likeness (QED) is 0.626. The van der Waals surface area contributed by atoms with Crippen molar-refractivity contribution in [3.05, 3.63) is 0 Å². The molecule has 0 aromatic carbocycles. The van der Waals surface area contributed by atoms with Crippen LogP contribution >= 0.6 is 0 Å². The van der Waals surface area contributed by atoms with Crippen LogP contribution in [-0.2, 0) is 0 Å². The molecule has 1 N–H and O–H groups in total. The number of piperazine rings is 1. The predicted molar refractivity (Wildman–Crippen MR) is 102 cm³/mol. The van der Waals surface area contributed by atoms with Crippen molar-refractivity contribution in [2.75, 3.05) is 59.4 Å². The SMILES string of the molecule is CCNC(=NCC(C)N1CCN(C)CC1)N1CC2CCCCC2C1. The first-order valence-corrected chi connectivity index (χ1v) is 10.1. The Morgan fingerprint density at radius 2 is 1.71 bits per heavy atom. The lowest BCUT2D eigenvalue weighted by Crippen LogP contribution is -2.49. The summed E-state index contributed by atoms with van der Waals surface area (Å²) in [5, 5.41) is 3.55. The largest absolute Gasteiger partial charge is 0.357 e. The molecule has 3 rings (SSSR count). The molecular weight excluding hydrogens is 298 g/mol. The monoisotopic (exact) mass is 335 g/mol. The number of nitrogens with one attached hydrogen (secondary N) is 1. The zero-order valence-corrected chi connectivity index (χ0v) is 16.0. The number of aliphatic imine (C=N–C) groups is 1. The molecule has 1 saturated carbocycles. The maximum atomic E-state index is 5.02. The molecule has 0 aromatic rings. The predicted octanol–water partition coefficient (Wildman–Crippen LogP) is 1.71. The highest BCUT2D eigenvalue weighted by Gasteiger charge is 2.35. The molecule has 5 heteroatoms. The molecule has 2 heterocycles. The highest BCUT2D eigenvalue weighted by Crippen LogP contribution is 2.35. The van der Waals surface area contributed by atoms with Crippen LogP contribution in [0.3, 0.4) is 0 Å². The Bertz CT molecular complexity index is 402. The van der Waals surface area contributed by atoms with Crippen LogP contribution in [0.25, 0.3) is 0 Å². The van der Waals surface area contributed by atoms with Crippen LogP contribution in [-0.4, -0.2) is 86.1 Å². The second-order valence-electron chi connectivity index (χ2n) is 8.09. The Morgan fingerprint density at radius 1 is 1.08 bits per heavy atom. The maximum absolute atomic E-state index is 5.02. The maximum Gasteiger partial charge on any atom is 0.193 e. The summed E-state index contributed by atoms with van der Waals surface area (Å²) in [7, 11) is 2.22. The number of hydrogen-bond donors (Lipinski definition) is 1. The molecule has 3 unspecified atom stereocenters. The van der Waals surface area contributed by atoms with Gasteiger partial charge in [-0.05, 0) is 45.6 Å². The van der Waals surface area contributed by atoms with Gasteiger partial charge in [0.15, 0.2) is 5.96 Å². The summed E-state index contributed by atoms with van der Waals surface area (Å²) in [6, 6.07) is 0.539. The van der Waals surface area contributed by atoms with Crippen LogP contribution in [0.2, 0.25) is 0 Å². The molecule has 3 fully saturated rings. The highest BCUT2D eigenvalue weighted by atomic mass is 15.3. The Morgan fingerprint density at radius 3 is 2.29 bits per heavy atom. The van der Waals surface area contributed by atoms with Gasteiger partial charge in [0, 0.05) is 51.9 Å². The molecule has 3 atom stereocenters. The van der Waals surface area contributed by atoms with Gasteiger partial charge in [-0.1, -0.05) is 12.8 Å². The van der Waals surface area contributed by atoms with Gasteiger partial charge in [-0.3, -0.25) is 9.89 Å². The Kier molecular flexibility index (Phi) is 6.39. The average molecular weight is 336 g/mol. The number of rotatable bonds is 4. The van der Waals surface area contributed by atoms with Crippen molar-refractivity contribution in [2.45, 2.75) is 45.6 Å². The lowest BCUT2D eigenvalue weighted by atomic mass is 9.82. The van der Waals surface area contributed by atoms with Crippen molar-refractivity contribution in [3.8, 4) is 0 Å². The highest BCUT2D eigenvalue weighted by molar-refractivity contribution is 5.80. The third-order valence-electron chi connectivity index (χ3n) is 6.28. The van der Waals surface area contributed by atoms with Crippen LogP contribution in [0.15, 0.2) is 4.99 Å². The number of hydrogen-bond acceptors (Lipinski definition) is 3. The molecule has 2 saturated heterocycles. The third kappa shape index (κ3) is 4.42. The number of nitrogens with zero attached hydrogens (tertiary/aromatic N) is 4. The normalized spacial score (nSPS) is 31.1. The van der Waals surface area contributed by atoms with Crippen LogP contribution in [0.1, 0.15) is 39.5 Å². The van der Waals surface area contributed by atoms with E-state index in [1.54, 1.807) is 0 Å². The van der Waals surface area contributed by atoms with Gasteiger partial charge in [-0.25, -0.2) is 0 Å². The van der Waals surface area contributed by atoms with Crippen molar-refractivity contribution >= 4 is 5.96 Å². The molecule has 1 aliphatic carbocycles. The van der Waals surface area contributed by atoms with E-state index in [1.807, 2.05) is 0 Å². The molecule has 0 radical (unpaired) electrons. The molecule has 0 aromatic heterocycles. The molecule has 5 nitrogen and oxygen atoms in total. The summed E-state index contributed by atoms with van der Waals surface area (Å²) >= 11 is 0. The van der Waals surface area contributed by atoms with Gasteiger partial charge in [-0.2, -0.15) is 0 Å². The summed E-state index contributed by atoms with van der Waals surface area (Å²) in [6.07, 6.45) is 5.72. The van der Waals surface area contributed by atoms with Crippen molar-refractivity contribution in [1.82, 2.24) is 20.0 Å². The first-order valence-electron chi connectivity index (χ1n) is 10.1. The number of guanidine groups is 1. The van der Waals surface area contributed by atoms with Crippen molar-refractivity contribution in [3.63, 3.8) is 0 Å². The Hall–Kier alpha value is -0.810. The van der Waals surface area contributed by atoms with E-state index in [2.05, 4.69) is 40.9 Å². The smallest absolute Gasteiger partial charge is 0.193 e. The van der Waals surface area contributed by atoms with Crippen molar-refractivity contribution in [1.29, 1.82) is 0 Å². The van der Waals surface area contributed by atoms with Gasteiger partial charge >= 0.3 is 0 Å². The van der Waals surface area contributed by atoms with E-state index in [0.29, 0.717) is 6.04 Å². The zero-order chi connectivity index (χ0) is 16.9. The summed E-state index contributed by atoms with van der Waals surface area (Å²) in [6.45, 7) is 13.6. The summed E-state index contributed by atoms with van der Waals surface area (Å²) in [4.78, 5) is 12.6. The average Bonchev–Trinajstić information content (AvgIpc) is 3.03. The van der Waals surface area contributed by atoms with Gasteiger partial charge in [0.1, 0.15) is 0 Å². The second-order valence-corrected chi connectivity index (χ2v) is 8.09. The van der Waals surface area contributed by atoms with Gasteiger partial charge in [0.25, 0.3) is 0 Å². The molecule has 138 valence electrons. The van der Waals surface area contributed by atoms with E-state index < -0.39 is 0 Å². The number of likely N-dealkylation sites (N-methyl/N-ethyl adjacent to an activating group) is 1. The van der Waals surface area contributed by atoms with E-state index >= 15 is 0 Å². The lowest BCUT2D eigenvalue weighted by Gasteiger charge is -2.36. The molecule has 0 amide bonds. The first kappa shape index (κ1) is 18.0. The van der Waals surface area contributed by atoms with E-state index in [0.717, 1.165) is 30.9 Å². The van der Waals surface area contributed by atoms with Crippen LogP contribution in [0.5, 0.6) is 0 Å². The molecular formula is C19H37N5. The Balaban J connectivity index is 1.55. The minimum atomic E-state index is 0.539. The summed E-state index contributed by atoms with van der Waals surface area (Å²) < 4.78 is 0. The summed E-state index contributed by atoms with van der Waals surface area (Å²) in [5.74, 6) is 2.99. The van der Waals surface area contributed by atoms with Crippen LogP contribution < -0.4 is 5.32 Å². The fraction of sp³-hybridized carbons (Fsp3) is 0.947. The van der Waals surface area contributed by atoms with Gasteiger partial charge in [-0.15, -0.1) is 0 Å². The minimum Gasteiger partial charge on any atom is -0.357 e. The molecule has 3 aliphatic rings. The fourth-order valence-corrected chi connectivity index (χ4v) is 4.60. The van der Waals surface area contributed by atoms with Gasteiger partial charge in [0.05, 0.1) is 6.54 Å². The van der Waals surface area contributed by atoms with Gasteiger partial charge in [0.2, 0.25) is 0 Å². The zero-order valence-electron chi connectivity index (χ0n) is 16.0. The number of likely N-dealkylation sites (tertiary alicyclic amines) is 1.